The fraction of sp³-hybridized carbons (Fsp3) is 0.750. The van der Waals surface area contributed by atoms with Crippen LogP contribution in [0.1, 0.15) is 25.5 Å². The molecule has 0 bridgehead atoms. The molecule has 9 heteroatoms. The Morgan fingerprint density at radius 2 is 2.10 bits per heavy atom. The summed E-state index contributed by atoms with van der Waals surface area (Å²) in [6.07, 6.45) is -4.49. The van der Waals surface area contributed by atoms with Crippen molar-refractivity contribution in [3.8, 4) is 0 Å². The zero-order valence-corrected chi connectivity index (χ0v) is 11.9. The third-order valence-electron chi connectivity index (χ3n) is 3.31. The molecule has 0 saturated heterocycles. The van der Waals surface area contributed by atoms with Gasteiger partial charge in [0, 0.05) is 19.6 Å². The minimum atomic E-state index is -4.49. The summed E-state index contributed by atoms with van der Waals surface area (Å²) in [7, 11) is 0. The summed E-state index contributed by atoms with van der Waals surface area (Å²) in [5.41, 5.74) is 0. The van der Waals surface area contributed by atoms with Crippen LogP contribution in [0.4, 0.5) is 13.2 Å². The number of carbonyl (C=O) groups is 1. The molecule has 0 N–H and O–H groups in total. The number of halogens is 3. The first-order chi connectivity index (χ1) is 9.82. The summed E-state index contributed by atoms with van der Waals surface area (Å²) in [5.74, 6) is -1.33. The van der Waals surface area contributed by atoms with Crippen LogP contribution in [-0.4, -0.2) is 45.3 Å². The summed E-state index contributed by atoms with van der Waals surface area (Å²) in [5, 5.41) is 6.81. The van der Waals surface area contributed by atoms with Crippen LogP contribution in [-0.2, 0) is 28.8 Å². The van der Waals surface area contributed by atoms with Crippen molar-refractivity contribution in [2.45, 2.75) is 33.1 Å². The molecular weight excluding hydrogens is 289 g/mol. The summed E-state index contributed by atoms with van der Waals surface area (Å²) < 4.78 is 44.1. The lowest BCUT2D eigenvalue weighted by atomic mass is 10.1. The van der Waals surface area contributed by atoms with E-state index in [0.717, 1.165) is 4.57 Å². The molecule has 0 fully saturated rings. The number of nitrogens with zero attached hydrogens (tertiary/aromatic N) is 4. The molecule has 1 aliphatic rings. The fourth-order valence-corrected chi connectivity index (χ4v) is 2.32. The van der Waals surface area contributed by atoms with E-state index in [4.69, 9.17) is 4.74 Å². The van der Waals surface area contributed by atoms with Crippen molar-refractivity contribution >= 4 is 5.97 Å². The van der Waals surface area contributed by atoms with Gasteiger partial charge in [0.2, 0.25) is 5.82 Å². The number of aromatic nitrogens is 3. The molecule has 1 aromatic heterocycles. The first kappa shape index (κ1) is 15.7. The average molecular weight is 306 g/mol. The second-order valence-corrected chi connectivity index (χ2v) is 4.98. The van der Waals surface area contributed by atoms with E-state index in [0.29, 0.717) is 19.7 Å². The van der Waals surface area contributed by atoms with Crippen LogP contribution in [0, 0.1) is 5.92 Å². The maximum absolute atomic E-state index is 12.7. The largest absolute Gasteiger partial charge is 0.466 e. The third-order valence-corrected chi connectivity index (χ3v) is 3.31. The topological polar surface area (TPSA) is 60.2 Å². The van der Waals surface area contributed by atoms with Gasteiger partial charge in [-0.25, -0.2) is 0 Å². The van der Waals surface area contributed by atoms with Crippen LogP contribution < -0.4 is 0 Å². The summed E-state index contributed by atoms with van der Waals surface area (Å²) in [4.78, 5) is 13.4. The van der Waals surface area contributed by atoms with Gasteiger partial charge in [0.05, 0.1) is 19.1 Å². The number of fused-ring (bicyclic) bond motifs is 1. The molecule has 2 heterocycles. The second-order valence-electron chi connectivity index (χ2n) is 4.98. The van der Waals surface area contributed by atoms with Crippen molar-refractivity contribution in [2.24, 2.45) is 5.92 Å². The highest BCUT2D eigenvalue weighted by atomic mass is 19.4. The molecule has 2 rings (SSSR count). The van der Waals surface area contributed by atoms with E-state index in [1.165, 1.54) is 0 Å². The molecule has 0 amide bonds. The zero-order valence-electron chi connectivity index (χ0n) is 11.9. The van der Waals surface area contributed by atoms with E-state index < -0.39 is 12.0 Å². The van der Waals surface area contributed by atoms with Gasteiger partial charge in [-0.1, -0.05) is 6.92 Å². The Balaban J connectivity index is 2.01. The predicted octanol–water partition coefficient (Wildman–Crippen LogP) is 1.31. The normalized spacial score (nSPS) is 17.4. The van der Waals surface area contributed by atoms with Crippen molar-refractivity contribution in [1.29, 1.82) is 0 Å². The lowest BCUT2D eigenvalue weighted by Crippen LogP contribution is -2.39. The minimum Gasteiger partial charge on any atom is -0.466 e. The Labute approximate surface area is 119 Å². The summed E-state index contributed by atoms with van der Waals surface area (Å²) in [6.45, 7) is 5.02. The van der Waals surface area contributed by atoms with Gasteiger partial charge in [0.1, 0.15) is 5.82 Å². The number of hydrogen-bond donors (Lipinski definition) is 0. The number of hydrogen-bond acceptors (Lipinski definition) is 5. The van der Waals surface area contributed by atoms with Crippen molar-refractivity contribution < 1.29 is 22.7 Å². The van der Waals surface area contributed by atoms with Crippen molar-refractivity contribution in [2.75, 3.05) is 19.7 Å². The van der Waals surface area contributed by atoms with Crippen LogP contribution in [0.5, 0.6) is 0 Å². The quantitative estimate of drug-likeness (QED) is 0.785. The highest BCUT2D eigenvalue weighted by molar-refractivity contribution is 5.72. The number of alkyl halides is 3. The molecule has 1 unspecified atom stereocenters. The Morgan fingerprint density at radius 3 is 2.71 bits per heavy atom. The molecule has 1 aromatic rings. The van der Waals surface area contributed by atoms with Crippen LogP contribution in [0.2, 0.25) is 0 Å². The highest BCUT2D eigenvalue weighted by Gasteiger charge is 2.39. The lowest BCUT2D eigenvalue weighted by Gasteiger charge is -2.29. The SMILES string of the molecule is CCOC(=O)C(C)CN1CCn2c(nnc2C(F)(F)F)C1. The third kappa shape index (κ3) is 3.52. The number of ether oxygens (including phenoxy) is 1. The van der Waals surface area contributed by atoms with E-state index in [1.54, 1.807) is 13.8 Å². The van der Waals surface area contributed by atoms with Gasteiger partial charge < -0.3 is 9.30 Å². The zero-order chi connectivity index (χ0) is 15.6. The van der Waals surface area contributed by atoms with Gasteiger partial charge in [-0.2, -0.15) is 13.2 Å². The lowest BCUT2D eigenvalue weighted by molar-refractivity contribution is -0.148. The van der Waals surface area contributed by atoms with E-state index in [2.05, 4.69) is 10.2 Å². The molecule has 0 aliphatic carbocycles. The van der Waals surface area contributed by atoms with Crippen molar-refractivity contribution in [3.63, 3.8) is 0 Å². The van der Waals surface area contributed by atoms with E-state index in [9.17, 15) is 18.0 Å². The highest BCUT2D eigenvalue weighted by Crippen LogP contribution is 2.29. The van der Waals surface area contributed by atoms with E-state index in [-0.39, 0.29) is 30.8 Å². The van der Waals surface area contributed by atoms with Crippen molar-refractivity contribution in [3.05, 3.63) is 11.6 Å². The maximum Gasteiger partial charge on any atom is 0.451 e. The second kappa shape index (κ2) is 6.00. The molecule has 118 valence electrons. The monoisotopic (exact) mass is 306 g/mol. The van der Waals surface area contributed by atoms with Gasteiger partial charge in [-0.15, -0.1) is 10.2 Å². The molecule has 6 nitrogen and oxygen atoms in total. The average Bonchev–Trinajstić information content (AvgIpc) is 2.81. The number of carbonyl (C=O) groups excluding carboxylic acids is 1. The Hall–Kier alpha value is -1.64. The Morgan fingerprint density at radius 1 is 1.38 bits per heavy atom. The molecule has 0 radical (unpaired) electrons. The van der Waals surface area contributed by atoms with Gasteiger partial charge in [-0.3, -0.25) is 9.69 Å². The molecular formula is C12H17F3N4O2. The number of esters is 1. The molecule has 1 atom stereocenters. The first-order valence-electron chi connectivity index (χ1n) is 6.71. The summed E-state index contributed by atoms with van der Waals surface area (Å²) in [6, 6.07) is 0. The van der Waals surface area contributed by atoms with Crippen LogP contribution in [0.15, 0.2) is 0 Å². The molecule has 0 spiro atoms. The fourth-order valence-electron chi connectivity index (χ4n) is 2.32. The Bertz CT molecular complexity index is 515. The smallest absolute Gasteiger partial charge is 0.451 e. The molecule has 0 saturated carbocycles. The van der Waals surface area contributed by atoms with E-state index >= 15 is 0 Å². The van der Waals surface area contributed by atoms with Crippen LogP contribution in [0.25, 0.3) is 0 Å². The summed E-state index contributed by atoms with van der Waals surface area (Å²) >= 11 is 0. The molecule has 1 aliphatic heterocycles. The van der Waals surface area contributed by atoms with Gasteiger partial charge in [0.25, 0.3) is 0 Å². The maximum atomic E-state index is 12.7. The van der Waals surface area contributed by atoms with Crippen molar-refractivity contribution in [1.82, 2.24) is 19.7 Å². The number of rotatable bonds is 4. The van der Waals surface area contributed by atoms with Gasteiger partial charge in [-0.05, 0) is 6.92 Å². The van der Waals surface area contributed by atoms with Gasteiger partial charge >= 0.3 is 12.1 Å². The van der Waals surface area contributed by atoms with Crippen LogP contribution >= 0.6 is 0 Å². The molecule has 21 heavy (non-hydrogen) atoms. The molecule has 0 aromatic carbocycles. The van der Waals surface area contributed by atoms with E-state index in [1.807, 2.05) is 4.90 Å². The standard InChI is InChI=1S/C12H17F3N4O2/c1-3-21-10(20)8(2)6-18-4-5-19-9(7-18)16-17-11(19)12(13,14)15/h8H,3-7H2,1-2H3. The van der Waals surface area contributed by atoms with Gasteiger partial charge in [0.15, 0.2) is 0 Å². The first-order valence-corrected chi connectivity index (χ1v) is 6.71. The van der Waals surface area contributed by atoms with Crippen LogP contribution in [0.3, 0.4) is 0 Å². The Kier molecular flexibility index (Phi) is 4.50. The minimum absolute atomic E-state index is 0.159. The predicted molar refractivity (Wildman–Crippen MR) is 66.1 cm³/mol.